The first-order valence-electron chi connectivity index (χ1n) is 5.33. The fourth-order valence-electron chi connectivity index (χ4n) is 1.44. The first kappa shape index (κ1) is 12.4. The molecule has 0 unspecified atom stereocenters. The number of nitrogens with zero attached hydrogens (tertiary/aromatic N) is 1. The number of nitrogens with one attached hydrogen (secondary N) is 2. The van der Waals surface area contributed by atoms with Gasteiger partial charge in [-0.1, -0.05) is 17.3 Å². The fraction of sp³-hybridized carbons (Fsp3) is 0.167. The molecule has 0 aliphatic carbocycles. The van der Waals surface area contributed by atoms with Crippen LogP contribution in [0.1, 0.15) is 5.69 Å². The number of thiocarbonyl (C=S) groups is 1. The molecule has 2 aromatic rings. The van der Waals surface area contributed by atoms with E-state index in [1.807, 2.05) is 31.2 Å². The Morgan fingerprint density at radius 1 is 1.33 bits per heavy atom. The summed E-state index contributed by atoms with van der Waals surface area (Å²) in [5.41, 5.74) is 1.58. The molecule has 0 aliphatic rings. The van der Waals surface area contributed by atoms with Gasteiger partial charge >= 0.3 is 0 Å². The standard InChI is InChI=1S/C12H13N3O2S/c1-8-7-11(17-15-8)14-12(18)13-9-5-3-4-6-10(9)16-2/h3-7H,1-2H3,(H2,13,14,18). The molecule has 2 rings (SSSR count). The molecule has 18 heavy (non-hydrogen) atoms. The number of aryl methyl sites for hydroxylation is 1. The summed E-state index contributed by atoms with van der Waals surface area (Å²) >= 11 is 5.17. The van der Waals surface area contributed by atoms with Crippen LogP contribution in [0.3, 0.4) is 0 Å². The van der Waals surface area contributed by atoms with Crippen LogP contribution in [0.4, 0.5) is 11.6 Å². The lowest BCUT2D eigenvalue weighted by Crippen LogP contribution is -2.19. The summed E-state index contributed by atoms with van der Waals surface area (Å²) in [6.07, 6.45) is 0. The van der Waals surface area contributed by atoms with Crippen molar-refractivity contribution in [2.75, 3.05) is 17.7 Å². The summed E-state index contributed by atoms with van der Waals surface area (Å²) in [6, 6.07) is 9.27. The number of aromatic nitrogens is 1. The quantitative estimate of drug-likeness (QED) is 0.830. The van der Waals surface area contributed by atoms with E-state index in [0.29, 0.717) is 11.0 Å². The molecule has 0 saturated carbocycles. The molecule has 0 saturated heterocycles. The third-order valence-corrected chi connectivity index (χ3v) is 2.42. The van der Waals surface area contributed by atoms with Crippen LogP contribution in [0.25, 0.3) is 0 Å². The van der Waals surface area contributed by atoms with Gasteiger partial charge in [0.2, 0.25) is 5.88 Å². The Morgan fingerprint density at radius 3 is 2.78 bits per heavy atom. The van der Waals surface area contributed by atoms with E-state index in [1.54, 1.807) is 13.2 Å². The van der Waals surface area contributed by atoms with Crippen molar-refractivity contribution in [3.8, 4) is 5.75 Å². The molecule has 94 valence electrons. The number of para-hydroxylation sites is 2. The van der Waals surface area contributed by atoms with Crippen molar-refractivity contribution in [2.45, 2.75) is 6.92 Å². The van der Waals surface area contributed by atoms with Gasteiger partial charge in [0.05, 0.1) is 18.5 Å². The molecule has 0 radical (unpaired) electrons. The molecule has 0 spiro atoms. The van der Waals surface area contributed by atoms with Crippen molar-refractivity contribution < 1.29 is 9.26 Å². The van der Waals surface area contributed by atoms with Gasteiger partial charge in [0, 0.05) is 6.07 Å². The largest absolute Gasteiger partial charge is 0.495 e. The van der Waals surface area contributed by atoms with Crippen molar-refractivity contribution in [2.24, 2.45) is 0 Å². The average Bonchev–Trinajstić information content (AvgIpc) is 2.75. The number of rotatable bonds is 3. The maximum absolute atomic E-state index is 5.21. The average molecular weight is 263 g/mol. The number of hydrogen-bond donors (Lipinski definition) is 2. The van der Waals surface area contributed by atoms with Gasteiger partial charge in [-0.25, -0.2) is 0 Å². The van der Waals surface area contributed by atoms with Crippen molar-refractivity contribution in [3.63, 3.8) is 0 Å². The molecular formula is C12H13N3O2S. The third kappa shape index (κ3) is 2.98. The zero-order valence-electron chi connectivity index (χ0n) is 10.1. The van der Waals surface area contributed by atoms with Gasteiger partial charge < -0.3 is 19.9 Å². The maximum atomic E-state index is 5.21. The van der Waals surface area contributed by atoms with E-state index in [-0.39, 0.29) is 0 Å². The molecule has 0 aliphatic heterocycles. The van der Waals surface area contributed by atoms with Crippen LogP contribution < -0.4 is 15.4 Å². The van der Waals surface area contributed by atoms with E-state index in [1.165, 1.54) is 0 Å². The molecule has 1 heterocycles. The number of hydrogen-bond acceptors (Lipinski definition) is 4. The predicted octanol–water partition coefficient (Wildman–Crippen LogP) is 2.80. The molecule has 0 fully saturated rings. The van der Waals surface area contributed by atoms with Crippen molar-refractivity contribution in [1.29, 1.82) is 0 Å². The summed E-state index contributed by atoms with van der Waals surface area (Å²) in [6.45, 7) is 1.84. The first-order valence-corrected chi connectivity index (χ1v) is 5.74. The number of benzene rings is 1. The summed E-state index contributed by atoms with van der Waals surface area (Å²) in [5.74, 6) is 1.22. The van der Waals surface area contributed by atoms with E-state index < -0.39 is 0 Å². The highest BCUT2D eigenvalue weighted by Crippen LogP contribution is 2.23. The minimum absolute atomic E-state index is 0.413. The lowest BCUT2D eigenvalue weighted by Gasteiger charge is -2.11. The highest BCUT2D eigenvalue weighted by Gasteiger charge is 2.06. The third-order valence-electron chi connectivity index (χ3n) is 2.22. The first-order chi connectivity index (χ1) is 8.69. The number of methoxy groups -OCH3 is 1. The van der Waals surface area contributed by atoms with Crippen LogP contribution in [-0.2, 0) is 0 Å². The van der Waals surface area contributed by atoms with Gasteiger partial charge in [-0.05, 0) is 31.3 Å². The molecule has 0 bridgehead atoms. The highest BCUT2D eigenvalue weighted by molar-refractivity contribution is 7.80. The second-order valence-corrected chi connectivity index (χ2v) is 4.02. The van der Waals surface area contributed by atoms with Gasteiger partial charge in [-0.3, -0.25) is 0 Å². The van der Waals surface area contributed by atoms with Crippen LogP contribution in [-0.4, -0.2) is 17.4 Å². The number of ether oxygens (including phenoxy) is 1. The summed E-state index contributed by atoms with van der Waals surface area (Å²) in [4.78, 5) is 0. The summed E-state index contributed by atoms with van der Waals surface area (Å²) in [7, 11) is 1.61. The highest BCUT2D eigenvalue weighted by atomic mass is 32.1. The van der Waals surface area contributed by atoms with Gasteiger partial charge in [0.15, 0.2) is 5.11 Å². The van der Waals surface area contributed by atoms with Gasteiger partial charge in [-0.2, -0.15) is 0 Å². The summed E-state index contributed by atoms with van der Waals surface area (Å²) < 4.78 is 10.2. The van der Waals surface area contributed by atoms with E-state index in [0.717, 1.165) is 17.1 Å². The van der Waals surface area contributed by atoms with Crippen molar-refractivity contribution in [1.82, 2.24) is 5.16 Å². The monoisotopic (exact) mass is 263 g/mol. The molecule has 1 aromatic heterocycles. The van der Waals surface area contributed by atoms with Crippen molar-refractivity contribution in [3.05, 3.63) is 36.0 Å². The Kier molecular flexibility index (Phi) is 3.78. The lowest BCUT2D eigenvalue weighted by atomic mass is 10.3. The van der Waals surface area contributed by atoms with E-state index in [4.69, 9.17) is 21.5 Å². The predicted molar refractivity (Wildman–Crippen MR) is 74.1 cm³/mol. The maximum Gasteiger partial charge on any atom is 0.231 e. The molecule has 6 heteroatoms. The lowest BCUT2D eigenvalue weighted by molar-refractivity contribution is 0.417. The van der Waals surface area contributed by atoms with E-state index in [9.17, 15) is 0 Å². The molecular weight excluding hydrogens is 250 g/mol. The van der Waals surface area contributed by atoms with Crippen LogP contribution in [0.2, 0.25) is 0 Å². The van der Waals surface area contributed by atoms with Crippen LogP contribution in [0.5, 0.6) is 5.75 Å². The summed E-state index contributed by atoms with van der Waals surface area (Å²) in [5, 5.41) is 10.1. The minimum Gasteiger partial charge on any atom is -0.495 e. The topological polar surface area (TPSA) is 59.3 Å². The molecule has 5 nitrogen and oxygen atoms in total. The van der Waals surface area contributed by atoms with Crippen LogP contribution in [0, 0.1) is 6.92 Å². The molecule has 2 N–H and O–H groups in total. The van der Waals surface area contributed by atoms with Gasteiger partial charge in [0.25, 0.3) is 0 Å². The van der Waals surface area contributed by atoms with Gasteiger partial charge in [-0.15, -0.1) is 0 Å². The zero-order valence-corrected chi connectivity index (χ0v) is 10.9. The number of anilines is 2. The molecule has 1 aromatic carbocycles. The smallest absolute Gasteiger partial charge is 0.231 e. The Labute approximate surface area is 110 Å². The Hall–Kier alpha value is -2.08. The normalized spacial score (nSPS) is 9.89. The SMILES string of the molecule is COc1ccccc1NC(=S)Nc1cc(C)no1. The Balaban J connectivity index is 2.03. The molecule has 0 atom stereocenters. The zero-order chi connectivity index (χ0) is 13.0. The van der Waals surface area contributed by atoms with E-state index in [2.05, 4.69) is 15.8 Å². The van der Waals surface area contributed by atoms with Crippen LogP contribution >= 0.6 is 12.2 Å². The van der Waals surface area contributed by atoms with Gasteiger partial charge in [0.1, 0.15) is 5.75 Å². The van der Waals surface area contributed by atoms with E-state index >= 15 is 0 Å². The second-order valence-electron chi connectivity index (χ2n) is 3.61. The second kappa shape index (κ2) is 5.50. The Morgan fingerprint density at radius 2 is 2.11 bits per heavy atom. The fourth-order valence-corrected chi connectivity index (χ4v) is 1.65. The minimum atomic E-state index is 0.413. The Bertz CT molecular complexity index is 554. The van der Waals surface area contributed by atoms with Crippen LogP contribution in [0.15, 0.2) is 34.9 Å². The van der Waals surface area contributed by atoms with Crippen molar-refractivity contribution >= 4 is 28.9 Å². The molecule has 0 amide bonds.